The zero-order valence-electron chi connectivity index (χ0n) is 13.6. The molecule has 0 aromatic rings. The van der Waals surface area contributed by atoms with Crippen LogP contribution < -0.4 is 0 Å². The predicted octanol–water partition coefficient (Wildman–Crippen LogP) is 0.0390. The SMILES string of the molecule is CC(=O)OC[C@H]1O[C@@H](OC(C)=O)[C@H](OC(C)=O)[C@H](F)[C@@H]1OC(C)=O. The van der Waals surface area contributed by atoms with E-state index in [9.17, 15) is 23.6 Å². The van der Waals surface area contributed by atoms with Crippen LogP contribution in [0.1, 0.15) is 27.7 Å². The van der Waals surface area contributed by atoms with Gasteiger partial charge in [0, 0.05) is 27.7 Å². The highest BCUT2D eigenvalue weighted by molar-refractivity contribution is 5.68. The molecule has 24 heavy (non-hydrogen) atoms. The molecule has 0 spiro atoms. The van der Waals surface area contributed by atoms with Gasteiger partial charge in [-0.05, 0) is 0 Å². The quantitative estimate of drug-likeness (QED) is 0.500. The number of halogens is 1. The number of esters is 4. The number of carbonyl (C=O) groups is 4. The summed E-state index contributed by atoms with van der Waals surface area (Å²) in [6, 6.07) is 0. The van der Waals surface area contributed by atoms with E-state index < -0.39 is 61.3 Å². The molecular weight excluding hydrogens is 331 g/mol. The minimum atomic E-state index is -2.06. The maximum atomic E-state index is 14.7. The second-order valence-corrected chi connectivity index (χ2v) is 5.05. The number of rotatable bonds is 5. The van der Waals surface area contributed by atoms with Crippen LogP contribution in [-0.4, -0.2) is 61.3 Å². The van der Waals surface area contributed by atoms with Crippen molar-refractivity contribution in [2.24, 2.45) is 0 Å². The van der Waals surface area contributed by atoms with Crippen LogP contribution in [0.5, 0.6) is 0 Å². The lowest BCUT2D eigenvalue weighted by molar-refractivity contribution is -0.288. The third-order valence-electron chi connectivity index (χ3n) is 2.91. The predicted molar refractivity (Wildman–Crippen MR) is 73.1 cm³/mol. The number of alkyl halides is 1. The molecule has 1 aliphatic rings. The van der Waals surface area contributed by atoms with Crippen LogP contribution >= 0.6 is 0 Å². The fourth-order valence-corrected chi connectivity index (χ4v) is 2.11. The standard InChI is InChI=1S/C14H19FO9/c1-6(16)20-5-10-12(21-7(2)17)11(15)13(22-8(3)18)14(24-10)23-9(4)19/h10-14H,5H2,1-4H3/t10-,11-,12-,13-,14-/m1/s1. The largest absolute Gasteiger partial charge is 0.463 e. The molecule has 1 aliphatic heterocycles. The minimum absolute atomic E-state index is 0.446. The smallest absolute Gasteiger partial charge is 0.305 e. The fraction of sp³-hybridized carbons (Fsp3) is 0.714. The van der Waals surface area contributed by atoms with Gasteiger partial charge >= 0.3 is 23.9 Å². The van der Waals surface area contributed by atoms with Gasteiger partial charge in [-0.25, -0.2) is 4.39 Å². The van der Waals surface area contributed by atoms with E-state index in [0.29, 0.717) is 0 Å². The van der Waals surface area contributed by atoms with Gasteiger partial charge in [-0.1, -0.05) is 0 Å². The van der Waals surface area contributed by atoms with Crippen molar-refractivity contribution in [1.82, 2.24) is 0 Å². The van der Waals surface area contributed by atoms with Gasteiger partial charge in [0.25, 0.3) is 0 Å². The van der Waals surface area contributed by atoms with Crippen LogP contribution in [0, 0.1) is 0 Å². The Morgan fingerprint density at radius 1 is 0.833 bits per heavy atom. The molecule has 0 aromatic carbocycles. The Balaban J connectivity index is 3.04. The first-order valence-corrected chi connectivity index (χ1v) is 7.06. The molecule has 0 amide bonds. The molecule has 1 heterocycles. The average molecular weight is 350 g/mol. The molecule has 1 rings (SSSR count). The Hall–Kier alpha value is -2.23. The summed E-state index contributed by atoms with van der Waals surface area (Å²) in [5.41, 5.74) is 0. The first kappa shape index (κ1) is 19.8. The maximum Gasteiger partial charge on any atom is 0.305 e. The van der Waals surface area contributed by atoms with Crippen LogP contribution in [0.25, 0.3) is 0 Å². The second kappa shape index (κ2) is 8.57. The summed E-state index contributed by atoms with van der Waals surface area (Å²) in [6.07, 6.45) is -8.03. The Kier molecular flexibility index (Phi) is 7.08. The first-order chi connectivity index (χ1) is 11.1. The highest BCUT2D eigenvalue weighted by Crippen LogP contribution is 2.29. The first-order valence-electron chi connectivity index (χ1n) is 7.06. The third-order valence-corrected chi connectivity index (χ3v) is 2.91. The van der Waals surface area contributed by atoms with Crippen molar-refractivity contribution in [3.8, 4) is 0 Å². The molecule has 10 heteroatoms. The van der Waals surface area contributed by atoms with Gasteiger partial charge in [0.15, 0.2) is 18.4 Å². The molecule has 5 atom stereocenters. The van der Waals surface area contributed by atoms with E-state index in [2.05, 4.69) is 0 Å². The van der Waals surface area contributed by atoms with Crippen molar-refractivity contribution in [1.29, 1.82) is 0 Å². The van der Waals surface area contributed by atoms with E-state index in [-0.39, 0.29) is 0 Å². The Labute approximate surface area is 137 Å². The summed E-state index contributed by atoms with van der Waals surface area (Å²) in [5, 5.41) is 0. The van der Waals surface area contributed by atoms with Gasteiger partial charge in [0.2, 0.25) is 6.29 Å². The number of carbonyl (C=O) groups excluding carboxylic acids is 4. The van der Waals surface area contributed by atoms with E-state index in [4.69, 9.17) is 23.7 Å². The van der Waals surface area contributed by atoms with Gasteiger partial charge < -0.3 is 23.7 Å². The number of ether oxygens (including phenoxy) is 5. The van der Waals surface area contributed by atoms with Crippen LogP contribution in [0.15, 0.2) is 0 Å². The lowest BCUT2D eigenvalue weighted by Crippen LogP contribution is -2.60. The van der Waals surface area contributed by atoms with Crippen LogP contribution in [0.4, 0.5) is 4.39 Å². The Morgan fingerprint density at radius 3 is 1.79 bits per heavy atom. The molecule has 0 bridgehead atoms. The summed E-state index contributed by atoms with van der Waals surface area (Å²) < 4.78 is 39.3. The lowest BCUT2D eigenvalue weighted by atomic mass is 10.00. The van der Waals surface area contributed by atoms with E-state index in [1.165, 1.54) is 0 Å². The van der Waals surface area contributed by atoms with Gasteiger partial charge in [-0.3, -0.25) is 19.2 Å². The van der Waals surface area contributed by atoms with Crippen molar-refractivity contribution in [2.75, 3.05) is 6.61 Å². The van der Waals surface area contributed by atoms with Gasteiger partial charge in [-0.2, -0.15) is 0 Å². The molecule has 1 fully saturated rings. The zero-order valence-corrected chi connectivity index (χ0v) is 13.6. The fourth-order valence-electron chi connectivity index (χ4n) is 2.11. The molecule has 1 saturated heterocycles. The summed E-state index contributed by atoms with van der Waals surface area (Å²) in [7, 11) is 0. The molecule has 0 aromatic heterocycles. The van der Waals surface area contributed by atoms with Gasteiger partial charge in [0.1, 0.15) is 12.7 Å². The van der Waals surface area contributed by atoms with E-state index in [0.717, 1.165) is 27.7 Å². The highest BCUT2D eigenvalue weighted by Gasteiger charge is 2.52. The van der Waals surface area contributed by atoms with E-state index in [1.807, 2.05) is 0 Å². The van der Waals surface area contributed by atoms with Crippen molar-refractivity contribution in [3.05, 3.63) is 0 Å². The highest BCUT2D eigenvalue weighted by atomic mass is 19.1. The molecule has 0 unspecified atom stereocenters. The average Bonchev–Trinajstić information content (AvgIpc) is 2.42. The van der Waals surface area contributed by atoms with E-state index >= 15 is 0 Å². The van der Waals surface area contributed by atoms with Crippen LogP contribution in [0.2, 0.25) is 0 Å². The topological polar surface area (TPSA) is 114 Å². The van der Waals surface area contributed by atoms with E-state index in [1.54, 1.807) is 0 Å². The monoisotopic (exact) mass is 350 g/mol. The number of hydrogen-bond donors (Lipinski definition) is 0. The Morgan fingerprint density at radius 2 is 1.33 bits per heavy atom. The second-order valence-electron chi connectivity index (χ2n) is 5.05. The van der Waals surface area contributed by atoms with Gasteiger partial charge in [0.05, 0.1) is 0 Å². The summed E-state index contributed by atoms with van der Waals surface area (Å²) in [5.74, 6) is -3.13. The molecule has 0 saturated carbocycles. The number of hydrogen-bond acceptors (Lipinski definition) is 9. The van der Waals surface area contributed by atoms with Crippen LogP contribution in [-0.2, 0) is 42.9 Å². The molecular formula is C14H19FO9. The van der Waals surface area contributed by atoms with Crippen molar-refractivity contribution >= 4 is 23.9 Å². The normalized spacial score (nSPS) is 29.3. The van der Waals surface area contributed by atoms with Crippen molar-refractivity contribution < 1.29 is 47.3 Å². The maximum absolute atomic E-state index is 14.7. The van der Waals surface area contributed by atoms with Gasteiger partial charge in [-0.15, -0.1) is 0 Å². The zero-order chi connectivity index (χ0) is 18.4. The van der Waals surface area contributed by atoms with Crippen LogP contribution in [0.3, 0.4) is 0 Å². The summed E-state index contributed by atoms with van der Waals surface area (Å²) in [6.45, 7) is 3.82. The Bertz CT molecular complexity index is 504. The van der Waals surface area contributed by atoms with Crippen molar-refractivity contribution in [2.45, 2.75) is 58.5 Å². The molecule has 136 valence electrons. The minimum Gasteiger partial charge on any atom is -0.463 e. The molecule has 0 N–H and O–H groups in total. The summed E-state index contributed by atoms with van der Waals surface area (Å²) in [4.78, 5) is 44.4. The molecule has 9 nitrogen and oxygen atoms in total. The molecule has 0 radical (unpaired) electrons. The van der Waals surface area contributed by atoms with Crippen molar-refractivity contribution in [3.63, 3.8) is 0 Å². The molecule has 0 aliphatic carbocycles. The third kappa shape index (κ3) is 5.76. The lowest BCUT2D eigenvalue weighted by Gasteiger charge is -2.41. The summed E-state index contributed by atoms with van der Waals surface area (Å²) >= 11 is 0.